The van der Waals surface area contributed by atoms with Gasteiger partial charge in [-0.25, -0.2) is 0 Å². The number of nitro groups is 1. The van der Waals surface area contributed by atoms with Gasteiger partial charge in [0.2, 0.25) is 0 Å². The second-order valence-electron chi connectivity index (χ2n) is 5.20. The molecule has 0 radical (unpaired) electrons. The average molecular weight is 341 g/mol. The zero-order valence-electron chi connectivity index (χ0n) is 11.3. The Hall–Kier alpha value is -1.43. The highest BCUT2D eigenvalue weighted by Crippen LogP contribution is 2.24. The number of amides is 1. The molecule has 1 fully saturated rings. The topological polar surface area (TPSA) is 63.5 Å². The summed E-state index contributed by atoms with van der Waals surface area (Å²) in [6, 6.07) is 4.56. The Balaban J connectivity index is 2.15. The molecule has 1 aromatic carbocycles. The van der Waals surface area contributed by atoms with Gasteiger partial charge in [0.25, 0.3) is 11.6 Å². The van der Waals surface area contributed by atoms with Crippen LogP contribution in [0, 0.1) is 23.0 Å². The molecule has 1 saturated heterocycles. The number of nitrogens with zero attached hydrogens (tertiary/aromatic N) is 2. The number of hydrogen-bond acceptors (Lipinski definition) is 3. The lowest BCUT2D eigenvalue weighted by Crippen LogP contribution is -2.28. The summed E-state index contributed by atoms with van der Waals surface area (Å²) in [6.45, 7) is 3.24. The van der Waals surface area contributed by atoms with Gasteiger partial charge in [0.05, 0.1) is 4.92 Å². The van der Waals surface area contributed by atoms with Crippen LogP contribution >= 0.6 is 15.9 Å². The number of non-ortho nitro benzene ring substituents is 1. The Morgan fingerprint density at radius 1 is 1.50 bits per heavy atom. The van der Waals surface area contributed by atoms with Crippen molar-refractivity contribution in [2.24, 2.45) is 5.92 Å². The van der Waals surface area contributed by atoms with E-state index in [0.29, 0.717) is 11.5 Å². The van der Waals surface area contributed by atoms with Crippen molar-refractivity contribution in [1.82, 2.24) is 4.90 Å². The summed E-state index contributed by atoms with van der Waals surface area (Å²) in [4.78, 5) is 24.6. The molecule has 0 aromatic heterocycles. The molecule has 0 spiro atoms. The summed E-state index contributed by atoms with van der Waals surface area (Å²) < 4.78 is 0. The summed E-state index contributed by atoms with van der Waals surface area (Å²) in [5.41, 5.74) is 1.12. The molecule has 1 atom stereocenters. The highest BCUT2D eigenvalue weighted by Gasteiger charge is 2.27. The standard InChI is InChI=1S/C14H17BrN2O3/c1-10-6-12(8-13(7-10)17(19)20)14(18)16-5-3-11(9-16)2-4-15/h6-8,11H,2-5,9H2,1H3. The molecule has 1 aromatic rings. The molecule has 0 N–H and O–H groups in total. The lowest BCUT2D eigenvalue weighted by molar-refractivity contribution is -0.384. The van der Waals surface area contributed by atoms with Crippen molar-refractivity contribution in [2.45, 2.75) is 19.8 Å². The first-order chi connectivity index (χ1) is 9.51. The third-order valence-corrected chi connectivity index (χ3v) is 4.07. The zero-order chi connectivity index (χ0) is 14.7. The van der Waals surface area contributed by atoms with E-state index in [0.717, 1.165) is 36.8 Å². The second kappa shape index (κ2) is 6.35. The Labute approximate surface area is 126 Å². The number of aryl methyl sites for hydroxylation is 1. The summed E-state index contributed by atoms with van der Waals surface area (Å²) in [6.07, 6.45) is 2.06. The fraction of sp³-hybridized carbons (Fsp3) is 0.500. The first-order valence-electron chi connectivity index (χ1n) is 6.62. The van der Waals surface area contributed by atoms with Gasteiger partial charge >= 0.3 is 0 Å². The number of nitro benzene ring substituents is 1. The Morgan fingerprint density at radius 2 is 2.25 bits per heavy atom. The van der Waals surface area contributed by atoms with Gasteiger partial charge in [-0.3, -0.25) is 14.9 Å². The minimum absolute atomic E-state index is 0.0236. The summed E-state index contributed by atoms with van der Waals surface area (Å²) in [5.74, 6) is 0.423. The van der Waals surface area contributed by atoms with Crippen molar-refractivity contribution in [3.8, 4) is 0 Å². The Morgan fingerprint density at radius 3 is 2.90 bits per heavy atom. The monoisotopic (exact) mass is 340 g/mol. The minimum Gasteiger partial charge on any atom is -0.338 e. The molecule has 1 aliphatic rings. The molecule has 1 heterocycles. The van der Waals surface area contributed by atoms with Crippen molar-refractivity contribution >= 4 is 27.5 Å². The summed E-state index contributed by atoms with van der Waals surface area (Å²) in [5, 5.41) is 11.8. The molecule has 0 saturated carbocycles. The molecule has 6 heteroatoms. The van der Waals surface area contributed by atoms with Gasteiger partial charge in [0.1, 0.15) is 0 Å². The van der Waals surface area contributed by atoms with E-state index in [-0.39, 0.29) is 11.6 Å². The van der Waals surface area contributed by atoms with E-state index in [9.17, 15) is 14.9 Å². The minimum atomic E-state index is -0.457. The third kappa shape index (κ3) is 3.36. The molecule has 2 rings (SSSR count). The van der Waals surface area contributed by atoms with Gasteiger partial charge in [-0.15, -0.1) is 0 Å². The first-order valence-corrected chi connectivity index (χ1v) is 7.74. The van der Waals surface area contributed by atoms with E-state index >= 15 is 0 Å². The van der Waals surface area contributed by atoms with E-state index in [1.807, 2.05) is 0 Å². The van der Waals surface area contributed by atoms with Crippen LogP contribution in [0.4, 0.5) is 5.69 Å². The maximum absolute atomic E-state index is 12.4. The normalized spacial score (nSPS) is 18.3. The van der Waals surface area contributed by atoms with Gasteiger partial charge < -0.3 is 4.90 Å². The lowest BCUT2D eigenvalue weighted by atomic mass is 10.1. The Kier molecular flexibility index (Phi) is 4.75. The molecule has 5 nitrogen and oxygen atoms in total. The van der Waals surface area contributed by atoms with Crippen LogP contribution in [0.2, 0.25) is 0 Å². The van der Waals surface area contributed by atoms with Crippen molar-refractivity contribution in [3.63, 3.8) is 0 Å². The maximum atomic E-state index is 12.4. The highest BCUT2D eigenvalue weighted by molar-refractivity contribution is 9.09. The van der Waals surface area contributed by atoms with Gasteiger partial charge in [-0.2, -0.15) is 0 Å². The number of hydrogen-bond donors (Lipinski definition) is 0. The van der Waals surface area contributed by atoms with Crippen LogP contribution in [0.3, 0.4) is 0 Å². The van der Waals surface area contributed by atoms with Crippen molar-refractivity contribution in [2.75, 3.05) is 18.4 Å². The maximum Gasteiger partial charge on any atom is 0.270 e. The molecular formula is C14H17BrN2O3. The molecule has 20 heavy (non-hydrogen) atoms. The highest BCUT2D eigenvalue weighted by atomic mass is 79.9. The van der Waals surface area contributed by atoms with E-state index in [1.54, 1.807) is 17.9 Å². The predicted molar refractivity (Wildman–Crippen MR) is 80.3 cm³/mol. The second-order valence-corrected chi connectivity index (χ2v) is 5.99. The SMILES string of the molecule is Cc1cc(C(=O)N2CCC(CCBr)C2)cc([N+](=O)[O-])c1. The van der Waals surface area contributed by atoms with Crippen molar-refractivity contribution in [3.05, 3.63) is 39.4 Å². The van der Waals surface area contributed by atoms with Crippen LogP contribution in [-0.4, -0.2) is 34.2 Å². The van der Waals surface area contributed by atoms with Gasteiger partial charge in [0, 0.05) is 36.1 Å². The molecule has 0 bridgehead atoms. The van der Waals surface area contributed by atoms with Gasteiger partial charge in [0.15, 0.2) is 0 Å². The van der Waals surface area contributed by atoms with E-state index in [1.165, 1.54) is 12.1 Å². The quantitative estimate of drug-likeness (QED) is 0.480. The Bertz CT molecular complexity index is 533. The molecule has 1 unspecified atom stereocenters. The predicted octanol–water partition coefficient (Wildman–Crippen LogP) is 3.15. The first kappa shape index (κ1) is 15.0. The summed E-state index contributed by atoms with van der Waals surface area (Å²) in [7, 11) is 0. The number of carbonyl (C=O) groups is 1. The third-order valence-electron chi connectivity index (χ3n) is 3.61. The van der Waals surface area contributed by atoms with E-state index in [2.05, 4.69) is 15.9 Å². The number of carbonyl (C=O) groups excluding carboxylic acids is 1. The molecule has 1 aliphatic heterocycles. The fourth-order valence-corrected chi connectivity index (χ4v) is 3.23. The number of benzene rings is 1. The van der Waals surface area contributed by atoms with Crippen LogP contribution in [-0.2, 0) is 0 Å². The number of alkyl halides is 1. The molecular weight excluding hydrogens is 324 g/mol. The fourth-order valence-electron chi connectivity index (χ4n) is 2.58. The van der Waals surface area contributed by atoms with E-state index < -0.39 is 4.92 Å². The van der Waals surface area contributed by atoms with Gasteiger partial charge in [-0.05, 0) is 37.3 Å². The average Bonchev–Trinajstić information content (AvgIpc) is 2.86. The van der Waals surface area contributed by atoms with Crippen LogP contribution in [0.15, 0.2) is 18.2 Å². The van der Waals surface area contributed by atoms with Crippen LogP contribution in [0.25, 0.3) is 0 Å². The number of halogens is 1. The molecule has 108 valence electrons. The van der Waals surface area contributed by atoms with Gasteiger partial charge in [-0.1, -0.05) is 15.9 Å². The lowest BCUT2D eigenvalue weighted by Gasteiger charge is -2.16. The smallest absolute Gasteiger partial charge is 0.270 e. The van der Waals surface area contributed by atoms with Crippen molar-refractivity contribution < 1.29 is 9.72 Å². The zero-order valence-corrected chi connectivity index (χ0v) is 12.9. The van der Waals surface area contributed by atoms with Crippen molar-refractivity contribution in [1.29, 1.82) is 0 Å². The van der Waals surface area contributed by atoms with Crippen LogP contribution in [0.5, 0.6) is 0 Å². The van der Waals surface area contributed by atoms with Crippen LogP contribution in [0.1, 0.15) is 28.8 Å². The summed E-state index contributed by atoms with van der Waals surface area (Å²) >= 11 is 3.42. The molecule has 1 amide bonds. The van der Waals surface area contributed by atoms with Crippen LogP contribution < -0.4 is 0 Å². The van der Waals surface area contributed by atoms with E-state index in [4.69, 9.17) is 0 Å². The number of rotatable bonds is 4. The number of likely N-dealkylation sites (tertiary alicyclic amines) is 1. The molecule has 0 aliphatic carbocycles. The largest absolute Gasteiger partial charge is 0.338 e.